The molecule has 6 nitrogen and oxygen atoms in total. The molecule has 1 aromatic rings. The van der Waals surface area contributed by atoms with Gasteiger partial charge in [0.1, 0.15) is 0 Å². The molecule has 1 aromatic carbocycles. The molecule has 124 valence electrons. The number of urea groups is 1. The van der Waals surface area contributed by atoms with Gasteiger partial charge >= 0.3 is 6.03 Å². The van der Waals surface area contributed by atoms with Crippen LogP contribution in [0.3, 0.4) is 0 Å². The zero-order valence-electron chi connectivity index (χ0n) is 13.8. The van der Waals surface area contributed by atoms with E-state index >= 15 is 0 Å². The number of likely N-dealkylation sites (N-methyl/N-ethyl adjacent to an activating group) is 1. The molecular weight excluding hydrogens is 292 g/mol. The monoisotopic (exact) mass is 316 g/mol. The van der Waals surface area contributed by atoms with Crippen LogP contribution in [0, 0.1) is 0 Å². The maximum atomic E-state index is 11.7. The number of amides is 3. The molecule has 1 saturated heterocycles. The van der Waals surface area contributed by atoms with Crippen LogP contribution < -0.4 is 10.2 Å². The van der Waals surface area contributed by atoms with Crippen molar-refractivity contribution in [1.29, 1.82) is 0 Å². The topological polar surface area (TPSA) is 55.9 Å². The number of rotatable bonds is 4. The second-order valence-corrected chi connectivity index (χ2v) is 6.25. The predicted octanol–water partition coefficient (Wildman–Crippen LogP) is 1.27. The average Bonchev–Trinajstić information content (AvgIpc) is 2.80. The molecule has 1 fully saturated rings. The van der Waals surface area contributed by atoms with Crippen molar-refractivity contribution in [2.75, 3.05) is 38.1 Å². The molecular formula is C17H24N4O2. The van der Waals surface area contributed by atoms with Gasteiger partial charge < -0.3 is 10.2 Å². The fourth-order valence-corrected chi connectivity index (χ4v) is 3.45. The third kappa shape index (κ3) is 3.17. The van der Waals surface area contributed by atoms with Crippen molar-refractivity contribution >= 4 is 17.6 Å². The van der Waals surface area contributed by atoms with Gasteiger partial charge in [-0.05, 0) is 18.1 Å². The van der Waals surface area contributed by atoms with E-state index in [0.29, 0.717) is 19.1 Å². The molecule has 0 saturated carbocycles. The second-order valence-electron chi connectivity index (χ2n) is 6.25. The van der Waals surface area contributed by atoms with E-state index in [1.165, 1.54) is 16.2 Å². The zero-order chi connectivity index (χ0) is 16.4. The molecule has 0 radical (unpaired) electrons. The third-order valence-corrected chi connectivity index (χ3v) is 4.80. The Kier molecular flexibility index (Phi) is 4.52. The van der Waals surface area contributed by atoms with E-state index in [2.05, 4.69) is 53.4 Å². The Morgan fingerprint density at radius 3 is 2.70 bits per heavy atom. The quantitative estimate of drug-likeness (QED) is 0.850. The molecule has 0 unspecified atom stereocenters. The molecule has 6 heteroatoms. The van der Waals surface area contributed by atoms with Crippen LogP contribution in [0.4, 0.5) is 10.5 Å². The summed E-state index contributed by atoms with van der Waals surface area (Å²) < 4.78 is 0. The van der Waals surface area contributed by atoms with E-state index in [1.54, 1.807) is 0 Å². The highest BCUT2D eigenvalue weighted by Crippen LogP contribution is 2.26. The first kappa shape index (κ1) is 15.8. The summed E-state index contributed by atoms with van der Waals surface area (Å²) >= 11 is 0. The van der Waals surface area contributed by atoms with Crippen LogP contribution in [0.25, 0.3) is 0 Å². The van der Waals surface area contributed by atoms with E-state index in [1.807, 2.05) is 0 Å². The van der Waals surface area contributed by atoms with Gasteiger partial charge in [-0.25, -0.2) is 4.79 Å². The Labute approximate surface area is 137 Å². The van der Waals surface area contributed by atoms with E-state index in [-0.39, 0.29) is 18.5 Å². The van der Waals surface area contributed by atoms with Crippen molar-refractivity contribution in [2.45, 2.75) is 25.9 Å². The van der Waals surface area contributed by atoms with Crippen molar-refractivity contribution in [1.82, 2.24) is 15.1 Å². The number of fused-ring (bicyclic) bond motifs is 1. The van der Waals surface area contributed by atoms with E-state index in [9.17, 15) is 9.59 Å². The highest BCUT2D eigenvalue weighted by molar-refractivity contribution is 6.01. The average molecular weight is 316 g/mol. The van der Waals surface area contributed by atoms with Crippen LogP contribution in [-0.4, -0.2) is 61.0 Å². The highest BCUT2D eigenvalue weighted by atomic mass is 16.2. The summed E-state index contributed by atoms with van der Waals surface area (Å²) in [4.78, 5) is 29.5. The Morgan fingerprint density at radius 1 is 1.22 bits per heavy atom. The molecule has 2 heterocycles. The Morgan fingerprint density at radius 2 is 2.00 bits per heavy atom. The Balaban J connectivity index is 1.74. The molecule has 0 spiro atoms. The number of anilines is 1. The fraction of sp³-hybridized carbons (Fsp3) is 0.529. The van der Waals surface area contributed by atoms with Gasteiger partial charge in [0.15, 0.2) is 0 Å². The van der Waals surface area contributed by atoms with E-state index < -0.39 is 0 Å². The summed E-state index contributed by atoms with van der Waals surface area (Å²) in [7, 11) is 2.13. The number of carbonyl (C=O) groups is 2. The Hall–Kier alpha value is -2.08. The smallest absolute Gasteiger partial charge is 0.324 e. The maximum absolute atomic E-state index is 11.7. The largest absolute Gasteiger partial charge is 0.373 e. The standard InChI is InChI=1S/C17H24N4O2/c1-3-14-12-19(2)15-7-5-4-6-13(15)11-20(14)8-9-21-16(22)10-18-17(21)23/h4-7,14H,3,8-12H2,1-2H3,(H,18,23)/t14-/m1/s1. The molecule has 3 rings (SSSR count). The molecule has 0 aliphatic carbocycles. The maximum Gasteiger partial charge on any atom is 0.324 e. The number of benzene rings is 1. The Bertz CT molecular complexity index is 588. The van der Waals surface area contributed by atoms with Crippen molar-refractivity contribution in [3.05, 3.63) is 29.8 Å². The van der Waals surface area contributed by atoms with Crippen molar-refractivity contribution in [2.24, 2.45) is 0 Å². The number of hydrogen-bond donors (Lipinski definition) is 1. The third-order valence-electron chi connectivity index (χ3n) is 4.80. The minimum absolute atomic E-state index is 0.127. The molecule has 2 aliphatic heterocycles. The van der Waals surface area contributed by atoms with Crippen molar-refractivity contribution in [3.8, 4) is 0 Å². The molecule has 3 amide bonds. The van der Waals surface area contributed by atoms with Gasteiger partial charge in [-0.1, -0.05) is 25.1 Å². The van der Waals surface area contributed by atoms with Gasteiger partial charge in [0.25, 0.3) is 0 Å². The second kappa shape index (κ2) is 6.58. The van der Waals surface area contributed by atoms with Gasteiger partial charge in [0.2, 0.25) is 5.91 Å². The van der Waals surface area contributed by atoms with Gasteiger partial charge in [0.05, 0.1) is 6.54 Å². The van der Waals surface area contributed by atoms with E-state index in [0.717, 1.165) is 19.5 Å². The molecule has 2 aliphatic rings. The first-order valence-corrected chi connectivity index (χ1v) is 8.21. The highest BCUT2D eigenvalue weighted by Gasteiger charge is 2.30. The van der Waals surface area contributed by atoms with Crippen LogP contribution in [0.5, 0.6) is 0 Å². The summed E-state index contributed by atoms with van der Waals surface area (Å²) in [6, 6.07) is 8.59. The molecule has 0 bridgehead atoms. The van der Waals surface area contributed by atoms with Crippen LogP contribution in [0.15, 0.2) is 24.3 Å². The first-order chi connectivity index (χ1) is 11.1. The lowest BCUT2D eigenvalue weighted by Gasteiger charge is -2.31. The molecule has 1 N–H and O–H groups in total. The normalized spacial score (nSPS) is 22.1. The lowest BCUT2D eigenvalue weighted by atomic mass is 10.1. The van der Waals surface area contributed by atoms with Crippen LogP contribution in [-0.2, 0) is 11.3 Å². The lowest BCUT2D eigenvalue weighted by molar-refractivity contribution is -0.125. The molecule has 23 heavy (non-hydrogen) atoms. The zero-order valence-corrected chi connectivity index (χ0v) is 13.8. The first-order valence-electron chi connectivity index (χ1n) is 8.21. The number of para-hydroxylation sites is 1. The summed E-state index contributed by atoms with van der Waals surface area (Å²) in [5.74, 6) is -0.129. The fourth-order valence-electron chi connectivity index (χ4n) is 3.45. The SMILES string of the molecule is CC[C@@H]1CN(C)c2ccccc2CN1CCN1C(=O)CNC1=O. The summed E-state index contributed by atoms with van der Waals surface area (Å²) in [6.07, 6.45) is 1.04. The van der Waals surface area contributed by atoms with E-state index in [4.69, 9.17) is 0 Å². The van der Waals surface area contributed by atoms with Crippen LogP contribution >= 0.6 is 0 Å². The van der Waals surface area contributed by atoms with Gasteiger partial charge in [0, 0.05) is 45.0 Å². The number of nitrogens with one attached hydrogen (secondary N) is 1. The molecule has 0 aromatic heterocycles. The predicted molar refractivity (Wildman–Crippen MR) is 89.3 cm³/mol. The summed E-state index contributed by atoms with van der Waals surface area (Å²) in [6.45, 7) is 5.28. The number of carbonyl (C=O) groups excluding carboxylic acids is 2. The molecule has 1 atom stereocenters. The minimum Gasteiger partial charge on any atom is -0.373 e. The summed E-state index contributed by atoms with van der Waals surface area (Å²) in [5, 5.41) is 2.58. The van der Waals surface area contributed by atoms with Gasteiger partial charge in [-0.15, -0.1) is 0 Å². The summed E-state index contributed by atoms with van der Waals surface area (Å²) in [5.41, 5.74) is 2.56. The van der Waals surface area contributed by atoms with Gasteiger partial charge in [-0.3, -0.25) is 14.6 Å². The van der Waals surface area contributed by atoms with Crippen molar-refractivity contribution < 1.29 is 9.59 Å². The van der Waals surface area contributed by atoms with Crippen molar-refractivity contribution in [3.63, 3.8) is 0 Å². The number of nitrogens with zero attached hydrogens (tertiary/aromatic N) is 3. The number of imide groups is 1. The lowest BCUT2D eigenvalue weighted by Crippen LogP contribution is -2.45. The minimum atomic E-state index is -0.268. The van der Waals surface area contributed by atoms with Gasteiger partial charge in [-0.2, -0.15) is 0 Å². The van der Waals surface area contributed by atoms with Crippen LogP contribution in [0.1, 0.15) is 18.9 Å². The van der Waals surface area contributed by atoms with Crippen LogP contribution in [0.2, 0.25) is 0 Å². The number of hydrogen-bond acceptors (Lipinski definition) is 4.